The van der Waals surface area contributed by atoms with Gasteiger partial charge in [-0.2, -0.15) is 0 Å². The summed E-state index contributed by atoms with van der Waals surface area (Å²) in [4.78, 5) is 19.5. The minimum atomic E-state index is 0.0676. The van der Waals surface area contributed by atoms with Crippen LogP contribution in [0.4, 0.5) is 102 Å². The Labute approximate surface area is 760 Å². The minimum Gasteiger partial charge on any atom is -0.453 e. The van der Waals surface area contributed by atoms with E-state index < -0.39 is 0 Å². The molecule has 15 heteroatoms. The Morgan fingerprint density at radius 3 is 0.744 bits per heavy atom. The lowest BCUT2D eigenvalue weighted by Gasteiger charge is -2.45. The van der Waals surface area contributed by atoms with Gasteiger partial charge in [-0.3, -0.25) is 9.80 Å². The van der Waals surface area contributed by atoms with Crippen LogP contribution in [0.1, 0.15) is 33.4 Å². The number of para-hydroxylation sites is 12. The van der Waals surface area contributed by atoms with Gasteiger partial charge in [0.05, 0.1) is 51.2 Å². The first-order valence-electron chi connectivity index (χ1n) is 44.2. The number of hydrogen-bond donors (Lipinski definition) is 0. The third kappa shape index (κ3) is 12.2. The molecule has 0 saturated heterocycles. The van der Waals surface area contributed by atoms with Gasteiger partial charge in [-0.1, -0.05) is 310 Å². The molecular formula is C114H81B3N6O4S2. The van der Waals surface area contributed by atoms with Gasteiger partial charge in [0.25, 0.3) is 0 Å². The lowest BCUT2D eigenvalue weighted by Crippen LogP contribution is -2.59. The fraction of sp³-hybridized carbons (Fsp3) is 0.0526. The molecule has 9 heterocycles. The van der Waals surface area contributed by atoms with Crippen LogP contribution in [0, 0.1) is 41.5 Å². The zero-order valence-corrected chi connectivity index (χ0v) is 73.4. The van der Waals surface area contributed by atoms with Crippen molar-refractivity contribution < 1.29 is 18.9 Å². The number of benzene rings is 18. The molecule has 0 spiro atoms. The van der Waals surface area contributed by atoms with Crippen molar-refractivity contribution in [1.29, 1.82) is 0 Å². The van der Waals surface area contributed by atoms with Gasteiger partial charge in [-0.05, 0) is 196 Å². The van der Waals surface area contributed by atoms with Crippen LogP contribution in [0.3, 0.4) is 0 Å². The molecule has 18 aromatic rings. The highest BCUT2D eigenvalue weighted by atomic mass is 32.2. The second-order valence-electron chi connectivity index (χ2n) is 34.5. The lowest BCUT2D eigenvalue weighted by molar-refractivity contribution is 0.446. The first kappa shape index (κ1) is 76.3. The molecule has 0 radical (unpaired) electrons. The van der Waals surface area contributed by atoms with Gasteiger partial charge in [0.15, 0.2) is 46.0 Å². The molecule has 27 rings (SSSR count). The van der Waals surface area contributed by atoms with E-state index in [2.05, 4.69) is 429 Å². The molecule has 0 bridgehead atoms. The van der Waals surface area contributed by atoms with E-state index in [4.69, 9.17) is 18.9 Å². The highest BCUT2D eigenvalue weighted by Gasteiger charge is 2.50. The van der Waals surface area contributed by atoms with Gasteiger partial charge in [-0.25, -0.2) is 0 Å². The van der Waals surface area contributed by atoms with E-state index in [1.807, 2.05) is 47.8 Å². The standard InChI is InChI=1S/C39H29BN2O2.C39H29BN2S2.C36H23BN2O2/c2*1-24-20-25(2)36(26(3)21-24)40-30-16-10-18-32-37(30)42-38-31(40)17-11-19-33(38)44-35-23-29(22-34(43-32)39(35)42)41(27-12-6-4-7-13-27)28-14-8-5-9-15-28;1-4-12-24(13-5-1)37-28-18-10-20-30-34(28)39-35-29(37)19-11-21-31(35)41-33-23-27(22-32(40-30)36(33)39)38(25-14-6-2-7-15-25)26-16-8-3-9-17-26/h2*4-23H,1-3H3;1-23H. The van der Waals surface area contributed by atoms with Crippen molar-refractivity contribution in [3.8, 4) is 46.0 Å². The molecule has 18 aromatic carbocycles. The van der Waals surface area contributed by atoms with Crippen LogP contribution in [-0.2, 0) is 0 Å². The fourth-order valence-electron chi connectivity index (χ4n) is 21.7. The van der Waals surface area contributed by atoms with Gasteiger partial charge in [0, 0.05) is 83.7 Å². The van der Waals surface area contributed by atoms with E-state index in [1.54, 1.807) is 0 Å². The van der Waals surface area contributed by atoms with Gasteiger partial charge >= 0.3 is 0 Å². The number of hydrogen-bond acceptors (Lipinski definition) is 12. The maximum atomic E-state index is 6.83. The maximum Gasteiger partial charge on any atom is 0.247 e. The van der Waals surface area contributed by atoms with Gasteiger partial charge < -0.3 is 38.5 Å². The average Bonchev–Trinajstić information content (AvgIpc) is 0.695. The predicted octanol–water partition coefficient (Wildman–Crippen LogP) is 25.6. The monoisotopic (exact) mass is 1690 g/mol. The molecule has 0 fully saturated rings. The van der Waals surface area contributed by atoms with E-state index in [1.165, 1.54) is 125 Å². The Kier molecular flexibility index (Phi) is 17.9. The Morgan fingerprint density at radius 2 is 0.450 bits per heavy atom. The van der Waals surface area contributed by atoms with Crippen LogP contribution in [0.15, 0.2) is 402 Å². The van der Waals surface area contributed by atoms with E-state index in [0.717, 1.165) is 126 Å². The Hall–Kier alpha value is -15.1. The Balaban J connectivity index is 0.000000105. The maximum absolute atomic E-state index is 6.83. The summed E-state index contributed by atoms with van der Waals surface area (Å²) >= 11 is 3.83. The molecule has 0 aromatic heterocycles. The fourth-order valence-corrected chi connectivity index (χ4v) is 24.1. The van der Waals surface area contributed by atoms with Crippen LogP contribution in [0.5, 0.6) is 46.0 Å². The molecule has 0 unspecified atom stereocenters. The van der Waals surface area contributed by atoms with Crippen molar-refractivity contribution in [2.75, 3.05) is 29.4 Å². The quantitative estimate of drug-likeness (QED) is 0.110. The summed E-state index contributed by atoms with van der Waals surface area (Å²) in [5.74, 6) is 6.54. The summed E-state index contributed by atoms with van der Waals surface area (Å²) < 4.78 is 27.2. The highest BCUT2D eigenvalue weighted by molar-refractivity contribution is 8.00. The minimum absolute atomic E-state index is 0.0676. The smallest absolute Gasteiger partial charge is 0.247 e. The Morgan fingerprint density at radius 1 is 0.202 bits per heavy atom. The van der Waals surface area contributed by atoms with E-state index in [9.17, 15) is 0 Å². The molecule has 129 heavy (non-hydrogen) atoms. The van der Waals surface area contributed by atoms with Crippen molar-refractivity contribution in [3.05, 3.63) is 416 Å². The number of nitrogens with zero attached hydrogens (tertiary/aromatic N) is 6. The van der Waals surface area contributed by atoms with E-state index in [0.29, 0.717) is 0 Å². The topological polar surface area (TPSA) is 56.4 Å². The zero-order valence-electron chi connectivity index (χ0n) is 71.7. The van der Waals surface area contributed by atoms with E-state index >= 15 is 0 Å². The van der Waals surface area contributed by atoms with Crippen LogP contribution in [0.2, 0.25) is 0 Å². The largest absolute Gasteiger partial charge is 0.453 e. The van der Waals surface area contributed by atoms with Crippen LogP contribution < -0.4 is 97.5 Å². The van der Waals surface area contributed by atoms with Crippen molar-refractivity contribution in [1.82, 2.24) is 0 Å². The number of aryl methyl sites for hydroxylation is 6. The molecule has 9 aliphatic rings. The van der Waals surface area contributed by atoms with Gasteiger partial charge in [0.1, 0.15) is 11.4 Å². The van der Waals surface area contributed by atoms with Gasteiger partial charge in [0.2, 0.25) is 20.1 Å². The second kappa shape index (κ2) is 30.3. The summed E-state index contributed by atoms with van der Waals surface area (Å²) in [5, 5.41) is 0. The third-order valence-corrected chi connectivity index (χ3v) is 28.7. The Bertz CT molecular complexity index is 6940. The molecule has 10 nitrogen and oxygen atoms in total. The summed E-state index contributed by atoms with van der Waals surface area (Å²) in [6, 6.07) is 136. The number of ether oxygens (including phenoxy) is 4. The van der Waals surface area contributed by atoms with Crippen molar-refractivity contribution in [2.24, 2.45) is 0 Å². The predicted molar refractivity (Wildman–Crippen MR) is 538 cm³/mol. The molecule has 9 aliphatic heterocycles. The summed E-state index contributed by atoms with van der Waals surface area (Å²) in [5.41, 5.74) is 39.8. The van der Waals surface area contributed by atoms with Gasteiger partial charge in [-0.15, -0.1) is 0 Å². The molecule has 0 N–H and O–H groups in total. The first-order chi connectivity index (χ1) is 63.5. The van der Waals surface area contributed by atoms with Crippen LogP contribution in [-0.4, -0.2) is 20.1 Å². The second-order valence-corrected chi connectivity index (χ2v) is 36.7. The van der Waals surface area contributed by atoms with Crippen molar-refractivity contribution in [3.63, 3.8) is 0 Å². The zero-order chi connectivity index (χ0) is 86.0. The summed E-state index contributed by atoms with van der Waals surface area (Å²) in [6.07, 6.45) is 0. The lowest BCUT2D eigenvalue weighted by atomic mass is 9.33. The molecule has 0 aliphatic carbocycles. The molecular weight excluding hydrogens is 1610 g/mol. The highest BCUT2D eigenvalue weighted by Crippen LogP contribution is 2.66. The first-order valence-corrected chi connectivity index (χ1v) is 45.8. The molecule has 612 valence electrons. The number of anilines is 18. The SMILES string of the molecule is Cc1cc(C)c(B2c3cccc4c3N3c5c(cc(N(c6ccccc6)c6ccccc6)cc5Oc5cccc2c53)O4)c(C)c1.Cc1cc(C)c(B2c3cccc4c3N3c5c(cc(N(c6ccccc6)c6ccccc6)cc5Sc5cccc2c53)S4)c(C)c1.c1ccc(B2c3cccc4c3N3c5c(cc(N(c6ccccc6)c6ccccc6)cc5Oc5cccc2c53)O4)cc1. The number of rotatable bonds is 12. The van der Waals surface area contributed by atoms with Crippen molar-refractivity contribution >= 4 is 195 Å². The van der Waals surface area contributed by atoms with E-state index in [-0.39, 0.29) is 20.1 Å². The van der Waals surface area contributed by atoms with Crippen LogP contribution >= 0.6 is 23.5 Å². The molecule has 0 atom stereocenters. The summed E-state index contributed by atoms with van der Waals surface area (Å²) in [7, 11) is 0. The normalized spacial score (nSPS) is 13.3. The van der Waals surface area contributed by atoms with Crippen molar-refractivity contribution in [2.45, 2.75) is 61.1 Å². The molecule has 0 amide bonds. The van der Waals surface area contributed by atoms with Crippen LogP contribution in [0.25, 0.3) is 0 Å². The third-order valence-electron chi connectivity index (χ3n) is 26.5. The molecule has 0 saturated carbocycles. The summed E-state index contributed by atoms with van der Waals surface area (Å²) in [6.45, 7) is 13.8. The average molecular weight is 1700 g/mol.